The van der Waals surface area contributed by atoms with Gasteiger partial charge in [0.15, 0.2) is 0 Å². The number of carbonyl (C=O) groups is 1. The lowest BCUT2D eigenvalue weighted by Gasteiger charge is -2.05. The molecule has 1 fully saturated rings. The Morgan fingerprint density at radius 2 is 0.579 bits per heavy atom. The maximum absolute atomic E-state index is 11.7. The third kappa shape index (κ3) is 11.2. The normalized spacial score (nSPS) is 23.5. The number of carbonyl (C=O) groups excluding carboxylic acids is 1. The van der Waals surface area contributed by atoms with Crippen LogP contribution in [0.5, 0.6) is 0 Å². The summed E-state index contributed by atoms with van der Waals surface area (Å²) in [6.45, 7) is 0. The maximum atomic E-state index is 11.7. The standard InChI is InChI=1S/C18H34O/c19-18-16-14-12-10-8-6-4-2-1-3-5-7-9-11-13-15-17-18/h1-17H2. The number of hydrogen-bond acceptors (Lipinski definition) is 1. The zero-order valence-corrected chi connectivity index (χ0v) is 12.9. The first-order chi connectivity index (χ1) is 9.39. The van der Waals surface area contributed by atoms with Gasteiger partial charge in [0.05, 0.1) is 0 Å². The van der Waals surface area contributed by atoms with Crippen LogP contribution in [-0.4, -0.2) is 5.78 Å². The van der Waals surface area contributed by atoms with Crippen LogP contribution < -0.4 is 0 Å². The van der Waals surface area contributed by atoms with Gasteiger partial charge in [-0.1, -0.05) is 83.5 Å². The van der Waals surface area contributed by atoms with Crippen LogP contribution in [0.25, 0.3) is 0 Å². The lowest BCUT2D eigenvalue weighted by molar-refractivity contribution is -0.119. The molecule has 0 aromatic heterocycles. The minimum atomic E-state index is 0.515. The lowest BCUT2D eigenvalue weighted by Crippen LogP contribution is -1.97. The van der Waals surface area contributed by atoms with Gasteiger partial charge in [-0.05, 0) is 12.8 Å². The summed E-state index contributed by atoms with van der Waals surface area (Å²) < 4.78 is 0. The number of hydrogen-bond donors (Lipinski definition) is 0. The van der Waals surface area contributed by atoms with Crippen LogP contribution >= 0.6 is 0 Å². The molecule has 0 unspecified atom stereocenters. The average Bonchev–Trinajstić information content (AvgIpc) is 2.41. The van der Waals surface area contributed by atoms with E-state index in [9.17, 15) is 4.79 Å². The van der Waals surface area contributed by atoms with Crippen molar-refractivity contribution in [2.24, 2.45) is 0 Å². The first-order valence-corrected chi connectivity index (χ1v) is 8.91. The van der Waals surface area contributed by atoms with Gasteiger partial charge in [-0.2, -0.15) is 0 Å². The van der Waals surface area contributed by atoms with Crippen molar-refractivity contribution in [3.8, 4) is 0 Å². The molecule has 19 heavy (non-hydrogen) atoms. The van der Waals surface area contributed by atoms with Gasteiger partial charge < -0.3 is 0 Å². The van der Waals surface area contributed by atoms with Crippen molar-refractivity contribution in [1.29, 1.82) is 0 Å². The second kappa shape index (κ2) is 12.7. The molecule has 0 atom stereocenters. The third-order valence-electron chi connectivity index (χ3n) is 4.41. The number of ketones is 1. The van der Waals surface area contributed by atoms with Crippen molar-refractivity contribution in [2.75, 3.05) is 0 Å². The molecule has 1 aliphatic rings. The predicted octanol–water partition coefficient (Wildman–Crippen LogP) is 6.20. The van der Waals surface area contributed by atoms with Crippen LogP contribution in [0.2, 0.25) is 0 Å². The summed E-state index contributed by atoms with van der Waals surface area (Å²) in [4.78, 5) is 11.7. The first kappa shape index (κ1) is 16.7. The Labute approximate surface area is 120 Å². The van der Waals surface area contributed by atoms with Gasteiger partial charge in [0.25, 0.3) is 0 Å². The summed E-state index contributed by atoms with van der Waals surface area (Å²) in [5.41, 5.74) is 0. The molecular formula is C18H34O. The van der Waals surface area contributed by atoms with Gasteiger partial charge in [-0.15, -0.1) is 0 Å². The summed E-state index contributed by atoms with van der Waals surface area (Å²) in [6.07, 6.45) is 22.0. The van der Waals surface area contributed by atoms with Crippen LogP contribution in [0.3, 0.4) is 0 Å². The van der Waals surface area contributed by atoms with Crippen LogP contribution in [-0.2, 0) is 4.79 Å². The Kier molecular flexibility index (Phi) is 11.2. The van der Waals surface area contributed by atoms with Gasteiger partial charge in [-0.3, -0.25) is 4.79 Å². The highest BCUT2D eigenvalue weighted by molar-refractivity contribution is 5.78. The van der Waals surface area contributed by atoms with Gasteiger partial charge in [0.2, 0.25) is 0 Å². The smallest absolute Gasteiger partial charge is 0.132 e. The molecule has 0 aromatic rings. The average molecular weight is 266 g/mol. The van der Waals surface area contributed by atoms with E-state index < -0.39 is 0 Å². The Balaban J connectivity index is 2.10. The van der Waals surface area contributed by atoms with Gasteiger partial charge in [0.1, 0.15) is 5.78 Å². The van der Waals surface area contributed by atoms with E-state index in [4.69, 9.17) is 0 Å². The monoisotopic (exact) mass is 266 g/mol. The molecule has 1 nitrogen and oxygen atoms in total. The minimum Gasteiger partial charge on any atom is -0.300 e. The van der Waals surface area contributed by atoms with Crippen molar-refractivity contribution in [2.45, 2.75) is 109 Å². The molecule has 0 amide bonds. The van der Waals surface area contributed by atoms with E-state index in [-0.39, 0.29) is 0 Å². The first-order valence-electron chi connectivity index (χ1n) is 8.91. The van der Waals surface area contributed by atoms with E-state index in [1.54, 1.807) is 0 Å². The number of rotatable bonds is 0. The van der Waals surface area contributed by atoms with Crippen LogP contribution in [0.1, 0.15) is 109 Å². The zero-order chi connectivity index (χ0) is 13.6. The maximum Gasteiger partial charge on any atom is 0.132 e. The largest absolute Gasteiger partial charge is 0.300 e. The highest BCUT2D eigenvalue weighted by Crippen LogP contribution is 2.15. The molecule has 1 rings (SSSR count). The molecule has 0 N–H and O–H groups in total. The van der Waals surface area contributed by atoms with Gasteiger partial charge >= 0.3 is 0 Å². The molecule has 0 saturated heterocycles. The van der Waals surface area contributed by atoms with Crippen molar-refractivity contribution >= 4 is 5.78 Å². The molecule has 0 aliphatic heterocycles. The third-order valence-corrected chi connectivity index (χ3v) is 4.41. The molecule has 1 aliphatic carbocycles. The van der Waals surface area contributed by atoms with Crippen molar-refractivity contribution in [1.82, 2.24) is 0 Å². The minimum absolute atomic E-state index is 0.515. The fourth-order valence-electron chi connectivity index (χ4n) is 3.07. The van der Waals surface area contributed by atoms with Gasteiger partial charge in [-0.25, -0.2) is 0 Å². The summed E-state index contributed by atoms with van der Waals surface area (Å²) in [5.74, 6) is 0.515. The van der Waals surface area contributed by atoms with E-state index in [1.807, 2.05) is 0 Å². The van der Waals surface area contributed by atoms with Crippen molar-refractivity contribution in [3.63, 3.8) is 0 Å². The number of Topliss-reactive ketones (excluding diaryl/α,β-unsaturated/α-hetero) is 1. The fourth-order valence-corrected chi connectivity index (χ4v) is 3.07. The molecule has 0 radical (unpaired) electrons. The molecule has 0 spiro atoms. The van der Waals surface area contributed by atoms with E-state index in [0.29, 0.717) is 5.78 Å². The molecule has 1 heteroatoms. The van der Waals surface area contributed by atoms with Crippen LogP contribution in [0.4, 0.5) is 0 Å². The molecule has 0 aromatic carbocycles. The molecule has 0 bridgehead atoms. The summed E-state index contributed by atoms with van der Waals surface area (Å²) in [5, 5.41) is 0. The van der Waals surface area contributed by atoms with E-state index in [1.165, 1.54) is 83.5 Å². The van der Waals surface area contributed by atoms with Crippen molar-refractivity contribution in [3.05, 3.63) is 0 Å². The lowest BCUT2D eigenvalue weighted by atomic mass is 10.0. The van der Waals surface area contributed by atoms with Crippen LogP contribution in [0, 0.1) is 0 Å². The second-order valence-electron chi connectivity index (χ2n) is 6.34. The summed E-state index contributed by atoms with van der Waals surface area (Å²) in [6, 6.07) is 0. The Hall–Kier alpha value is -0.330. The molecule has 0 heterocycles. The highest BCUT2D eigenvalue weighted by atomic mass is 16.1. The van der Waals surface area contributed by atoms with E-state index in [0.717, 1.165) is 25.7 Å². The molecule has 1 saturated carbocycles. The van der Waals surface area contributed by atoms with Crippen molar-refractivity contribution < 1.29 is 4.79 Å². The Morgan fingerprint density at radius 3 is 0.842 bits per heavy atom. The van der Waals surface area contributed by atoms with E-state index >= 15 is 0 Å². The van der Waals surface area contributed by atoms with Crippen LogP contribution in [0.15, 0.2) is 0 Å². The zero-order valence-electron chi connectivity index (χ0n) is 12.9. The Morgan fingerprint density at radius 1 is 0.368 bits per heavy atom. The molecule has 112 valence electrons. The second-order valence-corrected chi connectivity index (χ2v) is 6.34. The van der Waals surface area contributed by atoms with E-state index in [2.05, 4.69) is 0 Å². The van der Waals surface area contributed by atoms with Gasteiger partial charge in [0, 0.05) is 12.8 Å². The topological polar surface area (TPSA) is 17.1 Å². The SMILES string of the molecule is O=C1CCCCCCCCCCCCCCCCC1. The summed E-state index contributed by atoms with van der Waals surface area (Å²) >= 11 is 0. The summed E-state index contributed by atoms with van der Waals surface area (Å²) in [7, 11) is 0. The fraction of sp³-hybridized carbons (Fsp3) is 0.944. The highest BCUT2D eigenvalue weighted by Gasteiger charge is 2.02. The quantitative estimate of drug-likeness (QED) is 0.510. The predicted molar refractivity (Wildman–Crippen MR) is 83.5 cm³/mol. The molecular weight excluding hydrogens is 232 g/mol. The Bertz CT molecular complexity index is 190.